The summed E-state index contributed by atoms with van der Waals surface area (Å²) >= 11 is 6.14. The number of carboxylic acids is 1. The lowest BCUT2D eigenvalue weighted by molar-refractivity contribution is -0.144. The standard InChI is InChI=1S/C49H57ClFN5O9/c1-31(55(2)47(61)34(26-45(58)59)24-32-12-6-5-7-13-32)28-52-44(57)27-36(25-33-18-20-35(50)21-19-33)56(3)48(62)43(30-64-4)53-46(60)42(22-23-51)54-49(63)65-29-41-39-16-10-8-14-37(39)38-15-9-11-17-40(38)41/h5-21,31,34,36,41-43H,22-30H2,1-4H3,(H,52,57)(H,53,60)(H,54,63)(H,58,59). The number of fused-ring (bicyclic) bond motifs is 3. The van der Waals surface area contributed by atoms with Gasteiger partial charge in [0.25, 0.3) is 0 Å². The summed E-state index contributed by atoms with van der Waals surface area (Å²) in [5.74, 6) is -4.44. The fraction of sp³-hybridized carbons (Fsp3) is 0.388. The maximum atomic E-state index is 14.2. The number of benzene rings is 4. The van der Waals surface area contributed by atoms with Crippen molar-refractivity contribution in [3.8, 4) is 11.1 Å². The molecule has 0 bridgehead atoms. The van der Waals surface area contributed by atoms with Gasteiger partial charge < -0.3 is 40.3 Å². The van der Waals surface area contributed by atoms with E-state index in [4.69, 9.17) is 21.1 Å². The summed E-state index contributed by atoms with van der Waals surface area (Å²) in [7, 11) is 4.39. The lowest BCUT2D eigenvalue weighted by atomic mass is 9.94. The van der Waals surface area contributed by atoms with Crippen LogP contribution in [0.2, 0.25) is 5.02 Å². The first-order valence-electron chi connectivity index (χ1n) is 21.5. The summed E-state index contributed by atoms with van der Waals surface area (Å²) in [5.41, 5.74) is 5.65. The van der Waals surface area contributed by atoms with E-state index in [-0.39, 0.29) is 57.3 Å². The third-order valence-electron chi connectivity index (χ3n) is 11.7. The second kappa shape index (κ2) is 24.1. The van der Waals surface area contributed by atoms with Crippen LogP contribution in [0.25, 0.3) is 11.1 Å². The van der Waals surface area contributed by atoms with Crippen molar-refractivity contribution in [2.75, 3.05) is 47.6 Å². The highest BCUT2D eigenvalue weighted by Crippen LogP contribution is 2.44. The van der Waals surface area contributed by atoms with Crippen LogP contribution in [-0.2, 0) is 46.3 Å². The van der Waals surface area contributed by atoms with Gasteiger partial charge in [-0.3, -0.25) is 28.4 Å². The molecule has 1 aliphatic carbocycles. The van der Waals surface area contributed by atoms with Gasteiger partial charge in [0.15, 0.2) is 0 Å². The van der Waals surface area contributed by atoms with E-state index in [1.807, 2.05) is 78.9 Å². The van der Waals surface area contributed by atoms with Crippen LogP contribution in [0.4, 0.5) is 9.18 Å². The number of rotatable bonds is 23. The molecule has 0 aromatic heterocycles. The molecule has 5 atom stereocenters. The first-order chi connectivity index (χ1) is 31.2. The number of nitrogens with zero attached hydrogens (tertiary/aromatic N) is 2. The summed E-state index contributed by atoms with van der Waals surface area (Å²) in [4.78, 5) is 82.6. The maximum Gasteiger partial charge on any atom is 0.407 e. The molecular weight excluding hydrogens is 857 g/mol. The number of likely N-dealkylation sites (N-methyl/N-ethyl adjacent to an activating group) is 2. The van der Waals surface area contributed by atoms with Crippen molar-refractivity contribution in [2.24, 2.45) is 5.92 Å². The van der Waals surface area contributed by atoms with Crippen LogP contribution in [0.5, 0.6) is 0 Å². The quantitative estimate of drug-likeness (QED) is 0.0716. The molecule has 5 rings (SSSR count). The Kier molecular flexibility index (Phi) is 18.4. The van der Waals surface area contributed by atoms with E-state index in [0.717, 1.165) is 33.4 Å². The molecular formula is C49H57ClFN5O9. The molecule has 65 heavy (non-hydrogen) atoms. The zero-order valence-electron chi connectivity index (χ0n) is 37.0. The molecule has 0 aliphatic heterocycles. The summed E-state index contributed by atoms with van der Waals surface area (Å²) in [6.45, 7) is 0.495. The summed E-state index contributed by atoms with van der Waals surface area (Å²) < 4.78 is 24.8. The molecule has 0 saturated carbocycles. The van der Waals surface area contributed by atoms with Crippen molar-refractivity contribution < 1.29 is 47.7 Å². The topological polar surface area (TPSA) is 184 Å². The van der Waals surface area contributed by atoms with Crippen molar-refractivity contribution in [1.29, 1.82) is 0 Å². The number of halogens is 2. The molecule has 5 unspecified atom stereocenters. The molecule has 4 aromatic rings. The van der Waals surface area contributed by atoms with Crippen molar-refractivity contribution >= 4 is 47.3 Å². The molecule has 5 amide bonds. The van der Waals surface area contributed by atoms with Crippen LogP contribution in [0, 0.1) is 5.92 Å². The van der Waals surface area contributed by atoms with Gasteiger partial charge in [0.2, 0.25) is 23.6 Å². The third kappa shape index (κ3) is 13.8. The normalized spacial score (nSPS) is 14.1. The molecule has 14 nitrogen and oxygen atoms in total. The highest BCUT2D eigenvalue weighted by atomic mass is 35.5. The molecule has 346 valence electrons. The van der Waals surface area contributed by atoms with Gasteiger partial charge in [0.1, 0.15) is 18.7 Å². The Labute approximate surface area is 383 Å². The van der Waals surface area contributed by atoms with E-state index in [9.17, 15) is 38.3 Å². The smallest absolute Gasteiger partial charge is 0.407 e. The lowest BCUT2D eigenvalue weighted by Crippen LogP contribution is -2.57. The van der Waals surface area contributed by atoms with Crippen LogP contribution in [0.1, 0.15) is 54.4 Å². The second-order valence-electron chi connectivity index (χ2n) is 16.2. The van der Waals surface area contributed by atoms with Crippen molar-refractivity contribution in [3.63, 3.8) is 0 Å². The van der Waals surface area contributed by atoms with E-state index in [1.54, 1.807) is 38.2 Å². The zero-order valence-corrected chi connectivity index (χ0v) is 37.8. The number of alkyl halides is 1. The van der Waals surface area contributed by atoms with Crippen LogP contribution >= 0.6 is 11.6 Å². The van der Waals surface area contributed by atoms with Crippen molar-refractivity contribution in [3.05, 3.63) is 130 Å². The average molecular weight is 914 g/mol. The van der Waals surface area contributed by atoms with E-state index >= 15 is 0 Å². The number of amides is 5. The maximum absolute atomic E-state index is 14.2. The number of aliphatic carboxylic acids is 1. The number of carbonyl (C=O) groups is 6. The molecule has 4 N–H and O–H groups in total. The van der Waals surface area contributed by atoms with Gasteiger partial charge >= 0.3 is 12.1 Å². The van der Waals surface area contributed by atoms with E-state index in [0.29, 0.717) is 5.02 Å². The summed E-state index contributed by atoms with van der Waals surface area (Å²) in [5, 5.41) is 18.0. The second-order valence-corrected chi connectivity index (χ2v) is 16.7. The largest absolute Gasteiger partial charge is 0.481 e. The fourth-order valence-corrected chi connectivity index (χ4v) is 8.11. The number of hydrogen-bond donors (Lipinski definition) is 4. The Morgan fingerprint density at radius 2 is 1.35 bits per heavy atom. The van der Waals surface area contributed by atoms with Gasteiger partial charge in [-0.2, -0.15) is 0 Å². The zero-order chi connectivity index (χ0) is 47.0. The molecule has 0 spiro atoms. The highest BCUT2D eigenvalue weighted by molar-refractivity contribution is 6.30. The number of alkyl carbamates (subject to hydrolysis) is 1. The molecule has 0 saturated heterocycles. The van der Waals surface area contributed by atoms with Crippen LogP contribution in [0.3, 0.4) is 0 Å². The molecule has 4 aromatic carbocycles. The van der Waals surface area contributed by atoms with Gasteiger partial charge in [-0.15, -0.1) is 0 Å². The Bertz CT molecular complexity index is 2220. The van der Waals surface area contributed by atoms with E-state index in [2.05, 4.69) is 16.0 Å². The number of hydrogen-bond acceptors (Lipinski definition) is 8. The van der Waals surface area contributed by atoms with Gasteiger partial charge in [-0.1, -0.05) is 103 Å². The Hall–Kier alpha value is -6.32. The average Bonchev–Trinajstić information content (AvgIpc) is 3.62. The molecule has 16 heteroatoms. The van der Waals surface area contributed by atoms with Crippen LogP contribution in [0.15, 0.2) is 103 Å². The minimum atomic E-state index is -1.39. The van der Waals surface area contributed by atoms with Gasteiger partial charge in [-0.25, -0.2) is 4.79 Å². The Morgan fingerprint density at radius 1 is 0.754 bits per heavy atom. The van der Waals surface area contributed by atoms with Gasteiger partial charge in [-0.05, 0) is 65.3 Å². The van der Waals surface area contributed by atoms with Crippen LogP contribution < -0.4 is 16.0 Å². The first kappa shape index (κ1) is 49.7. The van der Waals surface area contributed by atoms with E-state index < -0.39 is 73.0 Å². The van der Waals surface area contributed by atoms with Gasteiger partial charge in [0.05, 0.1) is 25.6 Å². The Balaban J connectivity index is 1.22. The monoisotopic (exact) mass is 913 g/mol. The third-order valence-corrected chi connectivity index (χ3v) is 11.9. The number of carbonyl (C=O) groups excluding carboxylic acids is 5. The van der Waals surface area contributed by atoms with Crippen molar-refractivity contribution in [1.82, 2.24) is 25.8 Å². The van der Waals surface area contributed by atoms with Crippen molar-refractivity contribution in [2.45, 2.75) is 69.1 Å². The fourth-order valence-electron chi connectivity index (χ4n) is 7.98. The minimum Gasteiger partial charge on any atom is -0.481 e. The number of ether oxygens (including phenoxy) is 2. The lowest BCUT2D eigenvalue weighted by Gasteiger charge is -2.32. The molecule has 0 radical (unpaired) electrons. The molecule has 0 heterocycles. The first-order valence-corrected chi connectivity index (χ1v) is 21.8. The summed E-state index contributed by atoms with van der Waals surface area (Å²) in [6.07, 6.45) is -1.44. The number of nitrogens with one attached hydrogen (secondary N) is 3. The van der Waals surface area contributed by atoms with Crippen LogP contribution in [-0.4, -0.2) is 122 Å². The SMILES string of the molecule is COCC(NC(=O)C(CCF)NC(=O)OCC1c2ccccc2-c2ccccc21)C(=O)N(C)C(CC(=O)NCC(C)N(C)C(=O)C(CC(=O)O)Cc1ccccc1)Cc1ccc(Cl)cc1. The number of methoxy groups -OCH3 is 1. The Morgan fingerprint density at radius 3 is 1.95 bits per heavy atom. The summed E-state index contributed by atoms with van der Waals surface area (Å²) in [6, 6.07) is 27.7. The van der Waals surface area contributed by atoms with E-state index in [1.165, 1.54) is 24.0 Å². The minimum absolute atomic E-state index is 0.0300. The predicted octanol–water partition coefficient (Wildman–Crippen LogP) is 5.79. The molecule has 1 aliphatic rings. The highest BCUT2D eigenvalue weighted by Gasteiger charge is 2.34. The number of carboxylic acid groups (broad SMARTS) is 1. The molecule has 0 fully saturated rings. The predicted molar refractivity (Wildman–Crippen MR) is 244 cm³/mol. The van der Waals surface area contributed by atoms with Gasteiger partial charge in [0, 0.05) is 63.6 Å².